The van der Waals surface area contributed by atoms with Crippen LogP contribution < -0.4 is 25.4 Å². The van der Waals surface area contributed by atoms with Gasteiger partial charge in [-0.15, -0.1) is 0 Å². The Kier molecular flexibility index (Phi) is 8.75. The summed E-state index contributed by atoms with van der Waals surface area (Å²) in [6.07, 6.45) is 0. The van der Waals surface area contributed by atoms with Crippen molar-refractivity contribution in [3.05, 3.63) is 76.9 Å². The van der Waals surface area contributed by atoms with E-state index in [0.29, 0.717) is 0 Å². The zero-order chi connectivity index (χ0) is 29.6. The molecule has 2 nitrogen and oxygen atoms in total. The molecule has 0 atom stereocenters. The number of rotatable bonds is 5. The standard InChI is InChI=1S/C36H50O2P/c1-33(2,3)27-20-25(21-28(31(27)37-13)34(4,5)6)39(24-18-16-15-17-19-24)26-22-29(35(7,8)9)32(38-14)30(23-26)36(10,11)12/h15-18,20-23H,1-14H3. The van der Waals surface area contributed by atoms with Crippen molar-refractivity contribution in [2.45, 2.75) is 105 Å². The highest BCUT2D eigenvalue weighted by atomic mass is 31.1. The fourth-order valence-electron chi connectivity index (χ4n) is 5.10. The smallest absolute Gasteiger partial charge is 0.126 e. The predicted molar refractivity (Wildman–Crippen MR) is 172 cm³/mol. The van der Waals surface area contributed by atoms with E-state index in [2.05, 4.69) is 132 Å². The van der Waals surface area contributed by atoms with Crippen LogP contribution in [0.25, 0.3) is 0 Å². The van der Waals surface area contributed by atoms with Crippen LogP contribution in [0.1, 0.15) is 105 Å². The van der Waals surface area contributed by atoms with Crippen molar-refractivity contribution in [3.8, 4) is 11.5 Å². The minimum absolute atomic E-state index is 0.0736. The molecule has 0 unspecified atom stereocenters. The minimum atomic E-state index is -0.901. The molecule has 0 saturated carbocycles. The van der Waals surface area contributed by atoms with Gasteiger partial charge in [0.05, 0.1) is 14.2 Å². The summed E-state index contributed by atoms with van der Waals surface area (Å²) < 4.78 is 12.2. The van der Waals surface area contributed by atoms with Gasteiger partial charge >= 0.3 is 0 Å². The van der Waals surface area contributed by atoms with Crippen molar-refractivity contribution >= 4 is 23.8 Å². The second-order valence-electron chi connectivity index (χ2n) is 14.7. The molecule has 3 aromatic carbocycles. The summed E-state index contributed by atoms with van der Waals surface area (Å²) >= 11 is 0. The lowest BCUT2D eigenvalue weighted by Crippen LogP contribution is -2.29. The Morgan fingerprint density at radius 2 is 0.872 bits per heavy atom. The molecule has 0 fully saturated rings. The van der Waals surface area contributed by atoms with Crippen molar-refractivity contribution < 1.29 is 9.47 Å². The zero-order valence-corrected chi connectivity index (χ0v) is 27.8. The molecular formula is C36H50O2P. The van der Waals surface area contributed by atoms with E-state index in [9.17, 15) is 0 Å². The van der Waals surface area contributed by atoms with Gasteiger partial charge in [-0.1, -0.05) is 107 Å². The lowest BCUT2D eigenvalue weighted by Gasteiger charge is -2.33. The van der Waals surface area contributed by atoms with Gasteiger partial charge in [-0.05, 0) is 75.8 Å². The molecule has 0 amide bonds. The van der Waals surface area contributed by atoms with Gasteiger partial charge in [-0.25, -0.2) is 0 Å². The number of hydrogen-bond acceptors (Lipinski definition) is 2. The van der Waals surface area contributed by atoms with E-state index in [0.717, 1.165) is 11.5 Å². The summed E-state index contributed by atoms with van der Waals surface area (Å²) in [5, 5.41) is 3.88. The van der Waals surface area contributed by atoms with Crippen molar-refractivity contribution in [2.24, 2.45) is 0 Å². The first-order valence-electron chi connectivity index (χ1n) is 14.0. The fourth-order valence-corrected chi connectivity index (χ4v) is 7.43. The fraction of sp³-hybridized carbons (Fsp3) is 0.500. The molecule has 0 bridgehead atoms. The number of hydrogen-bond donors (Lipinski definition) is 0. The molecule has 0 aliphatic carbocycles. The Balaban J connectivity index is 2.53. The summed E-state index contributed by atoms with van der Waals surface area (Å²) in [4.78, 5) is 0. The van der Waals surface area contributed by atoms with Crippen LogP contribution in [0.3, 0.4) is 0 Å². The number of ether oxygens (including phenoxy) is 2. The summed E-state index contributed by atoms with van der Waals surface area (Å²) in [6.45, 7) is 27.3. The Bertz CT molecular complexity index is 1140. The van der Waals surface area contributed by atoms with E-state index < -0.39 is 7.92 Å². The summed E-state index contributed by atoms with van der Waals surface area (Å²) in [5.74, 6) is 2.01. The van der Waals surface area contributed by atoms with Crippen LogP contribution in [0.4, 0.5) is 0 Å². The third-order valence-corrected chi connectivity index (χ3v) is 9.55. The second-order valence-corrected chi connectivity index (χ2v) is 16.9. The van der Waals surface area contributed by atoms with Crippen LogP contribution in [0.15, 0.2) is 48.5 Å². The van der Waals surface area contributed by atoms with Gasteiger partial charge in [-0.2, -0.15) is 0 Å². The van der Waals surface area contributed by atoms with Gasteiger partial charge in [0.2, 0.25) is 0 Å². The van der Waals surface area contributed by atoms with E-state index in [1.165, 1.54) is 38.2 Å². The van der Waals surface area contributed by atoms with Crippen LogP contribution in [-0.4, -0.2) is 14.2 Å². The molecule has 0 aliphatic rings. The molecule has 211 valence electrons. The molecule has 0 aromatic heterocycles. The average molecular weight is 546 g/mol. The van der Waals surface area contributed by atoms with Crippen LogP contribution in [-0.2, 0) is 21.7 Å². The Morgan fingerprint density at radius 1 is 0.538 bits per heavy atom. The first-order chi connectivity index (χ1) is 17.8. The zero-order valence-electron chi connectivity index (χ0n) is 26.9. The van der Waals surface area contributed by atoms with Crippen LogP contribution in [0, 0.1) is 6.07 Å². The summed E-state index contributed by atoms with van der Waals surface area (Å²) in [7, 11) is 2.71. The Hall–Kier alpha value is -2.31. The Morgan fingerprint density at radius 3 is 1.10 bits per heavy atom. The van der Waals surface area contributed by atoms with Crippen LogP contribution >= 0.6 is 7.92 Å². The van der Waals surface area contributed by atoms with E-state index in [1.54, 1.807) is 0 Å². The van der Waals surface area contributed by atoms with E-state index in [1.807, 2.05) is 20.3 Å². The highest BCUT2D eigenvalue weighted by Gasteiger charge is 2.33. The third kappa shape index (κ3) is 6.71. The minimum Gasteiger partial charge on any atom is -0.496 e. The SMILES string of the molecule is COc1c(C(C)(C)C)cc(P(c2[c]cccc2)c2cc(C(C)(C)C)c(OC)c(C(C)(C)C)c2)cc1C(C)(C)C. The molecule has 0 aliphatic heterocycles. The van der Waals surface area contributed by atoms with Crippen molar-refractivity contribution in [3.63, 3.8) is 0 Å². The van der Waals surface area contributed by atoms with Gasteiger partial charge < -0.3 is 9.47 Å². The molecule has 0 saturated heterocycles. The monoisotopic (exact) mass is 545 g/mol. The third-order valence-electron chi connectivity index (χ3n) is 7.24. The molecule has 0 spiro atoms. The largest absolute Gasteiger partial charge is 0.496 e. The van der Waals surface area contributed by atoms with Crippen molar-refractivity contribution in [1.29, 1.82) is 0 Å². The maximum atomic E-state index is 6.12. The molecule has 3 aromatic rings. The highest BCUT2D eigenvalue weighted by molar-refractivity contribution is 7.79. The van der Waals surface area contributed by atoms with Gasteiger partial charge in [-0.3, -0.25) is 0 Å². The maximum absolute atomic E-state index is 6.12. The molecule has 0 heterocycles. The number of benzene rings is 3. The normalized spacial score (nSPS) is 13.1. The maximum Gasteiger partial charge on any atom is 0.126 e. The van der Waals surface area contributed by atoms with Gasteiger partial charge in [0, 0.05) is 22.3 Å². The number of methoxy groups -OCH3 is 2. The highest BCUT2D eigenvalue weighted by Crippen LogP contribution is 2.46. The first-order valence-corrected chi connectivity index (χ1v) is 15.4. The van der Waals surface area contributed by atoms with E-state index in [-0.39, 0.29) is 21.7 Å². The quantitative estimate of drug-likeness (QED) is 0.300. The molecular weight excluding hydrogens is 495 g/mol. The van der Waals surface area contributed by atoms with Gasteiger partial charge in [0.15, 0.2) is 0 Å². The lowest BCUT2D eigenvalue weighted by molar-refractivity contribution is 0.381. The molecule has 3 heteroatoms. The van der Waals surface area contributed by atoms with Gasteiger partial charge in [0.1, 0.15) is 11.5 Å². The molecule has 39 heavy (non-hydrogen) atoms. The molecule has 3 rings (SSSR count). The van der Waals surface area contributed by atoms with E-state index >= 15 is 0 Å². The first kappa shape index (κ1) is 31.2. The van der Waals surface area contributed by atoms with Crippen LogP contribution in [0.2, 0.25) is 0 Å². The lowest BCUT2D eigenvalue weighted by atomic mass is 9.79. The predicted octanol–water partition coefficient (Wildman–Crippen LogP) is 8.45. The summed E-state index contributed by atoms with van der Waals surface area (Å²) in [6, 6.07) is 21.7. The van der Waals surface area contributed by atoms with Crippen LogP contribution in [0.5, 0.6) is 11.5 Å². The van der Waals surface area contributed by atoms with Crippen molar-refractivity contribution in [1.82, 2.24) is 0 Å². The van der Waals surface area contributed by atoms with E-state index in [4.69, 9.17) is 9.47 Å². The van der Waals surface area contributed by atoms with Crippen molar-refractivity contribution in [2.75, 3.05) is 14.2 Å². The second kappa shape index (κ2) is 10.9. The molecule has 1 radical (unpaired) electrons. The Labute approximate surface area is 240 Å². The van der Waals surface area contributed by atoms with Gasteiger partial charge in [0.25, 0.3) is 0 Å². The topological polar surface area (TPSA) is 18.5 Å². The molecule has 0 N–H and O–H groups in total. The average Bonchev–Trinajstić information content (AvgIpc) is 2.81. The summed E-state index contributed by atoms with van der Waals surface area (Å²) in [5.41, 5.74) is 4.69.